The van der Waals surface area contributed by atoms with Crippen molar-refractivity contribution >= 4 is 0 Å². The third-order valence-electron chi connectivity index (χ3n) is 5.38. The first-order valence-electron chi connectivity index (χ1n) is 8.08. The van der Waals surface area contributed by atoms with Gasteiger partial charge < -0.3 is 4.74 Å². The Labute approximate surface area is 128 Å². The maximum absolute atomic E-state index is 6.28. The molecule has 1 fully saturated rings. The van der Waals surface area contributed by atoms with Gasteiger partial charge in [0.1, 0.15) is 0 Å². The number of nitrogens with one attached hydrogen (secondary N) is 1. The lowest BCUT2D eigenvalue weighted by molar-refractivity contribution is -0.0785. The molecule has 1 saturated heterocycles. The molecule has 116 valence electrons. The molecule has 3 unspecified atom stereocenters. The van der Waals surface area contributed by atoms with Crippen LogP contribution in [0.5, 0.6) is 0 Å². The monoisotopic (exact) mass is 288 g/mol. The fourth-order valence-electron chi connectivity index (χ4n) is 4.64. The molecule has 1 heterocycles. The molecule has 3 atom stereocenters. The van der Waals surface area contributed by atoms with Crippen LogP contribution >= 0.6 is 0 Å². The quantitative estimate of drug-likeness (QED) is 0.663. The lowest BCUT2D eigenvalue weighted by atomic mass is 9.75. The molecule has 1 aliphatic carbocycles. The molecule has 3 nitrogen and oxygen atoms in total. The Hall–Kier alpha value is -0.900. The molecule has 3 N–H and O–H groups in total. The number of fused-ring (bicyclic) bond motifs is 1. The van der Waals surface area contributed by atoms with Crippen molar-refractivity contribution in [1.29, 1.82) is 0 Å². The summed E-state index contributed by atoms with van der Waals surface area (Å²) in [4.78, 5) is 0. The third kappa shape index (κ3) is 2.63. The lowest BCUT2D eigenvalue weighted by Crippen LogP contribution is -2.50. The zero-order chi connectivity index (χ0) is 15.3. The largest absolute Gasteiger partial charge is 0.369 e. The van der Waals surface area contributed by atoms with E-state index in [1.165, 1.54) is 17.5 Å². The Morgan fingerprint density at radius 1 is 1.24 bits per heavy atom. The fraction of sp³-hybridized carbons (Fsp3) is 0.667. The number of hydrogen-bond donors (Lipinski definition) is 2. The van der Waals surface area contributed by atoms with E-state index in [0.717, 1.165) is 12.8 Å². The van der Waals surface area contributed by atoms with Crippen LogP contribution in [0.15, 0.2) is 24.3 Å². The third-order valence-corrected chi connectivity index (χ3v) is 5.38. The molecule has 21 heavy (non-hydrogen) atoms. The molecule has 1 aromatic carbocycles. The summed E-state index contributed by atoms with van der Waals surface area (Å²) in [5.41, 5.74) is 5.89. The van der Waals surface area contributed by atoms with Crippen LogP contribution in [0.25, 0.3) is 0 Å². The molecule has 3 rings (SSSR count). The number of aryl methyl sites for hydroxylation is 1. The van der Waals surface area contributed by atoms with Gasteiger partial charge in [0, 0.05) is 17.9 Å². The molecule has 0 bridgehead atoms. The molecular formula is C18H28N2O. The molecule has 0 radical (unpaired) electrons. The van der Waals surface area contributed by atoms with Gasteiger partial charge in [-0.2, -0.15) is 0 Å². The van der Waals surface area contributed by atoms with Crippen LogP contribution in [-0.2, 0) is 11.2 Å². The van der Waals surface area contributed by atoms with E-state index in [4.69, 9.17) is 10.6 Å². The zero-order valence-corrected chi connectivity index (χ0v) is 13.6. The highest BCUT2D eigenvalue weighted by atomic mass is 16.5. The molecule has 1 aliphatic heterocycles. The fourth-order valence-corrected chi connectivity index (χ4v) is 4.64. The molecule has 1 aromatic rings. The average molecular weight is 288 g/mol. The summed E-state index contributed by atoms with van der Waals surface area (Å²) in [5.74, 6) is 6.91. The van der Waals surface area contributed by atoms with Gasteiger partial charge in [-0.3, -0.25) is 11.3 Å². The van der Waals surface area contributed by atoms with Gasteiger partial charge in [-0.1, -0.05) is 24.3 Å². The number of ether oxygens (including phenoxy) is 1. The van der Waals surface area contributed by atoms with Crippen molar-refractivity contribution in [1.82, 2.24) is 5.43 Å². The van der Waals surface area contributed by atoms with Crippen LogP contribution in [0.2, 0.25) is 0 Å². The zero-order valence-electron chi connectivity index (χ0n) is 13.6. The first-order valence-corrected chi connectivity index (χ1v) is 8.08. The van der Waals surface area contributed by atoms with E-state index in [0.29, 0.717) is 11.8 Å². The van der Waals surface area contributed by atoms with Crippen molar-refractivity contribution in [3.8, 4) is 0 Å². The number of benzene rings is 1. The van der Waals surface area contributed by atoms with E-state index in [9.17, 15) is 0 Å². The van der Waals surface area contributed by atoms with Crippen LogP contribution in [0.4, 0.5) is 0 Å². The van der Waals surface area contributed by atoms with Crippen LogP contribution < -0.4 is 11.3 Å². The predicted molar refractivity (Wildman–Crippen MR) is 86.0 cm³/mol. The van der Waals surface area contributed by atoms with Gasteiger partial charge in [-0.15, -0.1) is 0 Å². The molecular weight excluding hydrogens is 260 g/mol. The molecule has 0 spiro atoms. The molecule has 0 aromatic heterocycles. The second-order valence-corrected chi connectivity index (χ2v) is 7.81. The standard InChI is InChI=1S/C18H28N2O/c1-17(2)11-15(18(3,4)21-17)16(20-19)14-10-9-12-7-5-6-8-13(12)14/h5-8,14-16,20H,9-11,19H2,1-4H3. The Morgan fingerprint density at radius 2 is 1.95 bits per heavy atom. The Morgan fingerprint density at radius 3 is 2.57 bits per heavy atom. The smallest absolute Gasteiger partial charge is 0.0678 e. The van der Waals surface area contributed by atoms with Gasteiger partial charge in [-0.25, -0.2) is 0 Å². The predicted octanol–water partition coefficient (Wildman–Crippen LogP) is 3.14. The number of hydrazine groups is 1. The molecule has 0 saturated carbocycles. The van der Waals surface area contributed by atoms with Gasteiger partial charge >= 0.3 is 0 Å². The summed E-state index contributed by atoms with van der Waals surface area (Å²) >= 11 is 0. The van der Waals surface area contributed by atoms with Crippen LogP contribution in [0, 0.1) is 5.92 Å². The number of hydrogen-bond acceptors (Lipinski definition) is 3. The second kappa shape index (κ2) is 5.08. The summed E-state index contributed by atoms with van der Waals surface area (Å²) in [6.45, 7) is 8.78. The van der Waals surface area contributed by atoms with Crippen molar-refractivity contribution in [2.75, 3.05) is 0 Å². The maximum Gasteiger partial charge on any atom is 0.0678 e. The van der Waals surface area contributed by atoms with Crippen molar-refractivity contribution in [2.45, 2.75) is 70.1 Å². The minimum absolute atomic E-state index is 0.0681. The second-order valence-electron chi connectivity index (χ2n) is 7.81. The van der Waals surface area contributed by atoms with E-state index < -0.39 is 0 Å². The molecule has 3 heteroatoms. The van der Waals surface area contributed by atoms with Gasteiger partial charge in [0.15, 0.2) is 0 Å². The van der Waals surface area contributed by atoms with E-state index in [1.807, 2.05) is 0 Å². The number of nitrogens with two attached hydrogens (primary N) is 1. The normalized spacial score (nSPS) is 31.1. The minimum atomic E-state index is -0.141. The van der Waals surface area contributed by atoms with Crippen molar-refractivity contribution in [3.63, 3.8) is 0 Å². The average Bonchev–Trinajstić information content (AvgIpc) is 2.90. The summed E-state index contributed by atoms with van der Waals surface area (Å²) in [6, 6.07) is 9.07. The first-order chi connectivity index (χ1) is 9.84. The maximum atomic E-state index is 6.28. The van der Waals surface area contributed by atoms with E-state index in [-0.39, 0.29) is 17.2 Å². The minimum Gasteiger partial charge on any atom is -0.369 e. The van der Waals surface area contributed by atoms with Crippen LogP contribution in [0.3, 0.4) is 0 Å². The Kier molecular flexibility index (Phi) is 3.63. The van der Waals surface area contributed by atoms with Crippen molar-refractivity contribution in [2.24, 2.45) is 11.8 Å². The van der Waals surface area contributed by atoms with Crippen molar-refractivity contribution < 1.29 is 4.74 Å². The van der Waals surface area contributed by atoms with Gasteiger partial charge in [0.25, 0.3) is 0 Å². The molecule has 0 amide bonds. The highest BCUT2D eigenvalue weighted by Gasteiger charge is 2.51. The van der Waals surface area contributed by atoms with E-state index in [2.05, 4.69) is 57.4 Å². The van der Waals surface area contributed by atoms with E-state index in [1.54, 1.807) is 0 Å². The SMILES string of the molecule is CC1(C)CC(C(NN)C2CCc3ccccc32)C(C)(C)O1. The Bertz CT molecular complexity index is 524. The van der Waals surface area contributed by atoms with Gasteiger partial charge in [0.05, 0.1) is 11.2 Å². The van der Waals surface area contributed by atoms with Crippen molar-refractivity contribution in [3.05, 3.63) is 35.4 Å². The van der Waals surface area contributed by atoms with Crippen LogP contribution in [0.1, 0.15) is 57.6 Å². The lowest BCUT2D eigenvalue weighted by Gasteiger charge is -2.36. The summed E-state index contributed by atoms with van der Waals surface area (Å²) in [7, 11) is 0. The highest BCUT2D eigenvalue weighted by Crippen LogP contribution is 2.48. The van der Waals surface area contributed by atoms with Gasteiger partial charge in [-0.05, 0) is 58.1 Å². The topological polar surface area (TPSA) is 47.3 Å². The number of rotatable bonds is 3. The van der Waals surface area contributed by atoms with E-state index >= 15 is 0 Å². The van der Waals surface area contributed by atoms with Crippen LogP contribution in [-0.4, -0.2) is 17.2 Å². The van der Waals surface area contributed by atoms with Gasteiger partial charge in [0.2, 0.25) is 0 Å². The summed E-state index contributed by atoms with van der Waals surface area (Å²) in [6.07, 6.45) is 3.39. The molecule has 2 aliphatic rings. The summed E-state index contributed by atoms with van der Waals surface area (Å²) in [5, 5.41) is 0. The highest BCUT2D eigenvalue weighted by molar-refractivity contribution is 5.36. The summed E-state index contributed by atoms with van der Waals surface area (Å²) < 4.78 is 6.28. The Balaban J connectivity index is 1.90. The first kappa shape index (κ1) is 15.0.